The molecule has 4 aromatic heterocycles. The molecule has 0 spiro atoms. The van der Waals surface area contributed by atoms with Gasteiger partial charge < -0.3 is 10.6 Å². The predicted molar refractivity (Wildman–Crippen MR) is 163 cm³/mol. The van der Waals surface area contributed by atoms with Gasteiger partial charge in [-0.1, -0.05) is 32.1 Å². The van der Waals surface area contributed by atoms with Crippen molar-refractivity contribution in [1.82, 2.24) is 34.9 Å². The van der Waals surface area contributed by atoms with Crippen LogP contribution in [0.25, 0.3) is 22.0 Å². The molecular weight excluding hydrogens is 581 g/mol. The third-order valence-electron chi connectivity index (χ3n) is 7.91. The zero-order valence-corrected chi connectivity index (χ0v) is 25.2. The van der Waals surface area contributed by atoms with Gasteiger partial charge in [0.05, 0.1) is 29.0 Å². The van der Waals surface area contributed by atoms with Crippen LogP contribution in [0, 0.1) is 29.6 Å². The van der Waals surface area contributed by atoms with Crippen molar-refractivity contribution in [2.45, 2.75) is 58.5 Å². The number of anilines is 2. The van der Waals surface area contributed by atoms with Crippen LogP contribution in [0.2, 0.25) is 0 Å². The molecule has 0 saturated heterocycles. The highest BCUT2D eigenvalue weighted by Crippen LogP contribution is 2.48. The smallest absolute Gasteiger partial charge is 0.263 e. The first kappa shape index (κ1) is 29.9. The van der Waals surface area contributed by atoms with Crippen molar-refractivity contribution in [2.24, 2.45) is 5.41 Å². The van der Waals surface area contributed by atoms with Crippen LogP contribution in [0.3, 0.4) is 0 Å². The van der Waals surface area contributed by atoms with E-state index in [1.807, 2.05) is 12.1 Å². The van der Waals surface area contributed by atoms with Crippen molar-refractivity contribution in [3.05, 3.63) is 83.8 Å². The molecule has 1 aromatic carbocycles. The maximum Gasteiger partial charge on any atom is 0.263 e. The van der Waals surface area contributed by atoms with E-state index in [1.54, 1.807) is 31.6 Å². The maximum absolute atomic E-state index is 14.1. The molecule has 1 fully saturated rings. The lowest BCUT2D eigenvalue weighted by atomic mass is 9.95. The summed E-state index contributed by atoms with van der Waals surface area (Å²) in [7, 11) is 0. The molecule has 230 valence electrons. The number of nitrogens with zero attached hydrogens (tertiary/aromatic N) is 8. The van der Waals surface area contributed by atoms with Crippen LogP contribution in [0.1, 0.15) is 62.2 Å². The van der Waals surface area contributed by atoms with Gasteiger partial charge in [-0.3, -0.25) is 4.98 Å². The fourth-order valence-electron chi connectivity index (χ4n) is 5.30. The highest BCUT2D eigenvalue weighted by Gasteiger charge is 2.54. The lowest BCUT2D eigenvalue weighted by molar-refractivity contribution is 0.0593. The van der Waals surface area contributed by atoms with Crippen molar-refractivity contribution >= 4 is 22.3 Å². The Balaban J connectivity index is 1.53. The number of aryl methyl sites for hydroxylation is 1. The molecule has 6 rings (SSSR count). The Morgan fingerprint density at radius 1 is 1.11 bits per heavy atom. The molecule has 1 saturated carbocycles. The zero-order chi connectivity index (χ0) is 31.9. The highest BCUT2D eigenvalue weighted by molar-refractivity contribution is 6.04. The summed E-state index contributed by atoms with van der Waals surface area (Å²) in [5, 5.41) is 26.0. The van der Waals surface area contributed by atoms with E-state index in [4.69, 9.17) is 0 Å². The van der Waals surface area contributed by atoms with Crippen LogP contribution in [-0.4, -0.2) is 47.9 Å². The summed E-state index contributed by atoms with van der Waals surface area (Å²) in [5.74, 6) is -0.643. The molecule has 0 aliphatic heterocycles. The van der Waals surface area contributed by atoms with Gasteiger partial charge in [-0.15, -0.1) is 5.10 Å². The minimum Gasteiger partial charge on any atom is -0.383 e. The fraction of sp³-hybridized carbons (Fsp3) is 0.344. The molecule has 1 unspecified atom stereocenters. The molecule has 2 N–H and O–H groups in total. The second-order valence-corrected chi connectivity index (χ2v) is 12.5. The molecule has 1 aliphatic rings. The van der Waals surface area contributed by atoms with E-state index in [2.05, 4.69) is 67.7 Å². The first-order valence-corrected chi connectivity index (χ1v) is 14.5. The van der Waals surface area contributed by atoms with Crippen LogP contribution in [0.15, 0.2) is 55.4 Å². The maximum atomic E-state index is 14.1. The van der Waals surface area contributed by atoms with Gasteiger partial charge in [-0.25, -0.2) is 28.4 Å². The van der Waals surface area contributed by atoms with Crippen molar-refractivity contribution in [3.8, 4) is 17.2 Å². The zero-order valence-electron chi connectivity index (χ0n) is 25.2. The van der Waals surface area contributed by atoms with E-state index in [0.29, 0.717) is 75.3 Å². The van der Waals surface area contributed by atoms with Crippen LogP contribution < -0.4 is 10.6 Å². The SMILES string of the molecule is Cc1nc(F)ccc1C(Nc1cc(-c2cncnc2)c2ncc(C#N)c(NCC(C)(C)C)c2c1)c1cn(C2(C(F)F)CC2)nn1. The van der Waals surface area contributed by atoms with E-state index >= 15 is 0 Å². The van der Waals surface area contributed by atoms with Gasteiger partial charge in [-0.2, -0.15) is 9.65 Å². The van der Waals surface area contributed by atoms with E-state index < -0.39 is 24.0 Å². The van der Waals surface area contributed by atoms with Gasteiger partial charge in [0.2, 0.25) is 5.95 Å². The van der Waals surface area contributed by atoms with E-state index in [0.717, 1.165) is 0 Å². The lowest BCUT2D eigenvalue weighted by Crippen LogP contribution is -2.26. The van der Waals surface area contributed by atoms with Crippen molar-refractivity contribution in [2.75, 3.05) is 17.2 Å². The topological polar surface area (TPSA) is 130 Å². The summed E-state index contributed by atoms with van der Waals surface area (Å²) in [6, 6.07) is 8.08. The second-order valence-electron chi connectivity index (χ2n) is 12.5. The molecule has 1 aliphatic carbocycles. The van der Waals surface area contributed by atoms with Crippen molar-refractivity contribution in [3.63, 3.8) is 0 Å². The number of halogens is 3. The fourth-order valence-corrected chi connectivity index (χ4v) is 5.30. The van der Waals surface area contributed by atoms with Crippen molar-refractivity contribution < 1.29 is 13.2 Å². The summed E-state index contributed by atoms with van der Waals surface area (Å²) in [5.41, 5.74) is 3.49. The predicted octanol–water partition coefficient (Wildman–Crippen LogP) is 6.41. The molecule has 1 atom stereocenters. The van der Waals surface area contributed by atoms with Gasteiger partial charge in [0.25, 0.3) is 6.43 Å². The number of benzene rings is 1. The van der Waals surface area contributed by atoms with Gasteiger partial charge in [0.15, 0.2) is 0 Å². The lowest BCUT2D eigenvalue weighted by Gasteiger charge is -2.23. The number of fused-ring (bicyclic) bond motifs is 1. The van der Waals surface area contributed by atoms with Gasteiger partial charge in [-0.05, 0) is 43.4 Å². The molecule has 5 aromatic rings. The minimum atomic E-state index is -2.59. The van der Waals surface area contributed by atoms with Crippen LogP contribution in [0.5, 0.6) is 0 Å². The monoisotopic (exact) mass is 612 g/mol. The standard InChI is InChI=1S/C32H31F3N10/c1-18-22(5-6-26(33)41-18)29(25-15-45(44-43-25)32(7-8-32)30(34)35)42-21-9-23(20-12-37-17-38-13-20)28-24(10-21)27(19(11-36)14-39-28)40-16-31(2,3)4/h5-6,9-10,12-15,17,29-30,42H,7-8,16H2,1-4H3,(H,39,40). The van der Waals surface area contributed by atoms with Gasteiger partial charge in [0, 0.05) is 58.6 Å². The van der Waals surface area contributed by atoms with Crippen molar-refractivity contribution in [1.29, 1.82) is 5.26 Å². The summed E-state index contributed by atoms with van der Waals surface area (Å²) in [6.45, 7) is 8.52. The molecule has 0 amide bonds. The summed E-state index contributed by atoms with van der Waals surface area (Å²) >= 11 is 0. The largest absolute Gasteiger partial charge is 0.383 e. The molecule has 13 heteroatoms. The Labute approximate surface area is 257 Å². The quantitative estimate of drug-likeness (QED) is 0.181. The van der Waals surface area contributed by atoms with E-state index in [9.17, 15) is 18.4 Å². The number of aromatic nitrogens is 7. The average Bonchev–Trinajstić information content (AvgIpc) is 3.68. The Morgan fingerprint density at radius 2 is 1.87 bits per heavy atom. The molecule has 0 radical (unpaired) electrons. The molecule has 4 heterocycles. The number of hydrogen-bond acceptors (Lipinski definition) is 9. The summed E-state index contributed by atoms with van der Waals surface area (Å²) in [4.78, 5) is 17.0. The number of alkyl halides is 2. The normalized spacial score (nSPS) is 14.7. The van der Waals surface area contributed by atoms with Gasteiger partial charge in [0.1, 0.15) is 23.6 Å². The van der Waals surface area contributed by atoms with Crippen LogP contribution in [-0.2, 0) is 5.54 Å². The number of rotatable bonds is 9. The molecule has 0 bridgehead atoms. The second kappa shape index (κ2) is 11.4. The van der Waals surface area contributed by atoms with E-state index in [-0.39, 0.29) is 5.41 Å². The van der Waals surface area contributed by atoms with Crippen LogP contribution >= 0.6 is 0 Å². The third kappa shape index (κ3) is 5.87. The number of hydrogen-bond donors (Lipinski definition) is 2. The molecule has 45 heavy (non-hydrogen) atoms. The van der Waals surface area contributed by atoms with Crippen LogP contribution in [0.4, 0.5) is 24.5 Å². The number of nitriles is 1. The molecular formula is C32H31F3N10. The first-order chi connectivity index (χ1) is 21.5. The van der Waals surface area contributed by atoms with Gasteiger partial charge >= 0.3 is 0 Å². The van der Waals surface area contributed by atoms with E-state index in [1.165, 1.54) is 23.3 Å². The average molecular weight is 613 g/mol. The summed E-state index contributed by atoms with van der Waals surface area (Å²) in [6.07, 6.45) is 5.83. The Hall–Kier alpha value is -5.12. The number of nitrogens with one attached hydrogen (secondary N) is 2. The number of pyridine rings is 2. The molecule has 10 nitrogen and oxygen atoms in total. The Kier molecular flexibility index (Phi) is 7.60. The minimum absolute atomic E-state index is 0.0878. The Bertz CT molecular complexity index is 1910. The highest BCUT2D eigenvalue weighted by atomic mass is 19.3. The summed E-state index contributed by atoms with van der Waals surface area (Å²) < 4.78 is 43.2. The first-order valence-electron chi connectivity index (χ1n) is 14.5. The Morgan fingerprint density at radius 3 is 2.51 bits per heavy atom. The third-order valence-corrected chi connectivity index (χ3v) is 7.91.